The van der Waals surface area contributed by atoms with E-state index in [0.29, 0.717) is 29.1 Å². The molecule has 0 aliphatic heterocycles. The van der Waals surface area contributed by atoms with Crippen LogP contribution in [0.15, 0.2) is 47.5 Å². The number of anilines is 1. The van der Waals surface area contributed by atoms with Crippen molar-refractivity contribution in [3.8, 4) is 5.75 Å². The topological polar surface area (TPSA) is 126 Å². The van der Waals surface area contributed by atoms with Gasteiger partial charge in [0.25, 0.3) is 5.91 Å². The highest BCUT2D eigenvalue weighted by atomic mass is 16.5. The van der Waals surface area contributed by atoms with Crippen molar-refractivity contribution in [2.45, 2.75) is 12.8 Å². The van der Waals surface area contributed by atoms with E-state index in [4.69, 9.17) is 15.7 Å². The molecule has 0 aliphatic carbocycles. The maximum absolute atomic E-state index is 12.4. The van der Waals surface area contributed by atoms with Gasteiger partial charge < -0.3 is 20.6 Å². The van der Waals surface area contributed by atoms with E-state index in [-0.39, 0.29) is 12.3 Å². The van der Waals surface area contributed by atoms with Crippen LogP contribution in [0.3, 0.4) is 0 Å². The number of aryl methyl sites for hydroxylation is 1. The van der Waals surface area contributed by atoms with Crippen LogP contribution < -0.4 is 21.3 Å². The Hall–Kier alpha value is -3.39. The van der Waals surface area contributed by atoms with Gasteiger partial charge in [0, 0.05) is 23.7 Å². The standard InChI is InChI=1S/C18H20N4O4/c1-26-16-10-15(7-5-12(16)6-8-17(23)24)22-18(25)13-3-2-4-14(9-13)20-11-21-19/h2-5,7,9-11H,6,8,19H2,1H3,(H,20,21)(H,22,25)(H,23,24). The third kappa shape index (κ3) is 5.32. The number of nitrogens with two attached hydrogens (primary N) is 1. The van der Waals surface area contributed by atoms with Crippen LogP contribution in [-0.4, -0.2) is 30.4 Å². The highest BCUT2D eigenvalue weighted by Gasteiger charge is 2.10. The molecule has 0 saturated heterocycles. The van der Waals surface area contributed by atoms with Gasteiger partial charge in [0.1, 0.15) is 12.1 Å². The molecule has 0 bridgehead atoms. The maximum Gasteiger partial charge on any atom is 0.303 e. The maximum atomic E-state index is 12.4. The number of ether oxygens (including phenoxy) is 1. The molecule has 5 N–H and O–H groups in total. The average molecular weight is 356 g/mol. The van der Waals surface area contributed by atoms with Crippen LogP contribution in [0.1, 0.15) is 22.3 Å². The Labute approximate surface area is 150 Å². The summed E-state index contributed by atoms with van der Waals surface area (Å²) >= 11 is 0. The van der Waals surface area contributed by atoms with E-state index in [1.807, 2.05) is 0 Å². The largest absolute Gasteiger partial charge is 0.496 e. The van der Waals surface area contributed by atoms with Crippen molar-refractivity contribution in [3.63, 3.8) is 0 Å². The van der Waals surface area contributed by atoms with Crippen molar-refractivity contribution in [3.05, 3.63) is 53.6 Å². The molecule has 0 atom stereocenters. The van der Waals surface area contributed by atoms with E-state index in [1.165, 1.54) is 13.4 Å². The fraction of sp³-hybridized carbons (Fsp3) is 0.167. The SMILES string of the molecule is COc1cc(NC(=O)c2cccc(N=CNN)c2)ccc1CCC(=O)O. The minimum Gasteiger partial charge on any atom is -0.496 e. The lowest BCUT2D eigenvalue weighted by Crippen LogP contribution is -2.18. The van der Waals surface area contributed by atoms with E-state index in [9.17, 15) is 9.59 Å². The Morgan fingerprint density at radius 3 is 2.77 bits per heavy atom. The molecule has 0 spiro atoms. The molecule has 0 saturated carbocycles. The molecule has 8 heteroatoms. The van der Waals surface area contributed by atoms with E-state index in [1.54, 1.807) is 42.5 Å². The van der Waals surface area contributed by atoms with Gasteiger partial charge in [-0.2, -0.15) is 0 Å². The summed E-state index contributed by atoms with van der Waals surface area (Å²) < 4.78 is 5.29. The van der Waals surface area contributed by atoms with Gasteiger partial charge in [-0.05, 0) is 36.2 Å². The quantitative estimate of drug-likeness (QED) is 0.248. The summed E-state index contributed by atoms with van der Waals surface area (Å²) in [7, 11) is 1.50. The molecule has 136 valence electrons. The molecule has 0 unspecified atom stereocenters. The number of methoxy groups -OCH3 is 1. The summed E-state index contributed by atoms with van der Waals surface area (Å²) in [6.07, 6.45) is 1.67. The van der Waals surface area contributed by atoms with Gasteiger partial charge in [-0.1, -0.05) is 12.1 Å². The average Bonchev–Trinajstić information content (AvgIpc) is 2.65. The van der Waals surface area contributed by atoms with Crippen LogP contribution >= 0.6 is 0 Å². The number of carbonyl (C=O) groups excluding carboxylic acids is 1. The Bertz CT molecular complexity index is 821. The molecule has 2 rings (SSSR count). The molecule has 0 fully saturated rings. The van der Waals surface area contributed by atoms with Crippen LogP contribution in [0, 0.1) is 0 Å². The van der Waals surface area contributed by atoms with Gasteiger partial charge in [0.05, 0.1) is 12.8 Å². The first-order valence-electron chi connectivity index (χ1n) is 7.82. The van der Waals surface area contributed by atoms with Crippen LogP contribution in [0.4, 0.5) is 11.4 Å². The second-order valence-corrected chi connectivity index (χ2v) is 5.35. The van der Waals surface area contributed by atoms with Crippen molar-refractivity contribution in [2.24, 2.45) is 10.8 Å². The molecular weight excluding hydrogens is 336 g/mol. The van der Waals surface area contributed by atoms with Gasteiger partial charge in [-0.15, -0.1) is 0 Å². The zero-order chi connectivity index (χ0) is 18.9. The first kappa shape index (κ1) is 18.9. The summed E-state index contributed by atoms with van der Waals surface area (Å²) in [5.41, 5.74) is 4.62. The molecule has 8 nitrogen and oxygen atoms in total. The molecule has 2 aromatic carbocycles. The van der Waals surface area contributed by atoms with E-state index in [0.717, 1.165) is 5.56 Å². The van der Waals surface area contributed by atoms with Crippen molar-refractivity contribution in [1.82, 2.24) is 5.43 Å². The minimum atomic E-state index is -0.878. The Balaban J connectivity index is 2.13. The molecule has 1 amide bonds. The molecule has 0 radical (unpaired) electrons. The molecule has 0 aliphatic rings. The lowest BCUT2D eigenvalue weighted by molar-refractivity contribution is -0.136. The number of carboxylic acids is 1. The summed E-state index contributed by atoms with van der Waals surface area (Å²) in [5.74, 6) is 4.47. The molecule has 26 heavy (non-hydrogen) atoms. The van der Waals surface area contributed by atoms with Crippen molar-refractivity contribution >= 4 is 29.6 Å². The molecular formula is C18H20N4O4. The van der Waals surface area contributed by atoms with Crippen LogP contribution in [-0.2, 0) is 11.2 Å². The number of rotatable bonds is 8. The Kier molecular flexibility index (Phi) is 6.69. The van der Waals surface area contributed by atoms with Gasteiger partial charge in [0.2, 0.25) is 0 Å². The highest BCUT2D eigenvalue weighted by Crippen LogP contribution is 2.25. The smallest absolute Gasteiger partial charge is 0.303 e. The minimum absolute atomic E-state index is 0.00698. The first-order valence-corrected chi connectivity index (χ1v) is 7.82. The number of amides is 1. The number of hydrazine groups is 1. The van der Waals surface area contributed by atoms with Crippen LogP contribution in [0.2, 0.25) is 0 Å². The zero-order valence-electron chi connectivity index (χ0n) is 14.2. The predicted octanol–water partition coefficient (Wildman–Crippen LogP) is 2.09. The van der Waals surface area contributed by atoms with E-state index >= 15 is 0 Å². The van der Waals surface area contributed by atoms with Crippen molar-refractivity contribution in [2.75, 3.05) is 12.4 Å². The lowest BCUT2D eigenvalue weighted by Gasteiger charge is -2.11. The van der Waals surface area contributed by atoms with Crippen molar-refractivity contribution in [1.29, 1.82) is 0 Å². The zero-order valence-corrected chi connectivity index (χ0v) is 14.2. The number of nitrogens with zero attached hydrogens (tertiary/aromatic N) is 1. The van der Waals surface area contributed by atoms with Gasteiger partial charge in [0.15, 0.2) is 0 Å². The summed E-state index contributed by atoms with van der Waals surface area (Å²) in [6, 6.07) is 11.9. The normalized spacial score (nSPS) is 10.5. The monoisotopic (exact) mass is 356 g/mol. The summed E-state index contributed by atoms with van der Waals surface area (Å²) in [4.78, 5) is 27.2. The van der Waals surface area contributed by atoms with E-state index < -0.39 is 5.97 Å². The fourth-order valence-corrected chi connectivity index (χ4v) is 2.31. The Morgan fingerprint density at radius 1 is 1.27 bits per heavy atom. The second-order valence-electron chi connectivity index (χ2n) is 5.35. The van der Waals surface area contributed by atoms with Crippen LogP contribution in [0.5, 0.6) is 5.75 Å². The number of carboxylic acid groups (broad SMARTS) is 1. The third-order valence-electron chi connectivity index (χ3n) is 3.55. The van der Waals surface area contributed by atoms with Gasteiger partial charge >= 0.3 is 5.97 Å². The molecule has 0 aromatic heterocycles. The number of hydrogen-bond acceptors (Lipinski definition) is 5. The number of carbonyl (C=O) groups is 2. The van der Waals surface area contributed by atoms with Gasteiger partial charge in [-0.25, -0.2) is 10.8 Å². The number of aliphatic imine (C=N–C) groups is 1. The third-order valence-corrected chi connectivity index (χ3v) is 3.55. The summed E-state index contributed by atoms with van der Waals surface area (Å²) in [6.45, 7) is 0. The second kappa shape index (κ2) is 9.19. The summed E-state index contributed by atoms with van der Waals surface area (Å²) in [5, 5.41) is 11.6. The number of benzene rings is 2. The van der Waals surface area contributed by atoms with E-state index in [2.05, 4.69) is 15.7 Å². The lowest BCUT2D eigenvalue weighted by atomic mass is 10.1. The number of aliphatic carboxylic acids is 1. The molecule has 2 aromatic rings. The van der Waals surface area contributed by atoms with Gasteiger partial charge in [-0.3, -0.25) is 9.59 Å². The predicted molar refractivity (Wildman–Crippen MR) is 98.8 cm³/mol. The number of hydrogen-bond donors (Lipinski definition) is 4. The van der Waals surface area contributed by atoms with Crippen molar-refractivity contribution < 1.29 is 19.4 Å². The molecule has 0 heterocycles. The Morgan fingerprint density at radius 2 is 2.08 bits per heavy atom. The number of nitrogens with one attached hydrogen (secondary N) is 2. The highest BCUT2D eigenvalue weighted by molar-refractivity contribution is 6.04. The van der Waals surface area contributed by atoms with Crippen LogP contribution in [0.25, 0.3) is 0 Å². The first-order chi connectivity index (χ1) is 12.5. The fourth-order valence-electron chi connectivity index (χ4n) is 2.31.